The highest BCUT2D eigenvalue weighted by atomic mass is 35.5. The number of aromatic amines is 1. The van der Waals surface area contributed by atoms with Crippen molar-refractivity contribution in [2.45, 2.75) is 19.8 Å². The SMILES string of the molecule is CCCc1nc(=S)cc(-c2ccc(Cl)cc2F)[nH]1. The molecule has 0 aliphatic heterocycles. The molecular formula is C13H12ClFN2S. The van der Waals surface area contributed by atoms with E-state index >= 15 is 0 Å². The van der Waals surface area contributed by atoms with Crippen molar-refractivity contribution < 1.29 is 4.39 Å². The Morgan fingerprint density at radius 2 is 2.17 bits per heavy atom. The molecule has 0 aliphatic carbocycles. The molecule has 1 N–H and O–H groups in total. The van der Waals surface area contributed by atoms with E-state index in [4.69, 9.17) is 23.8 Å². The fourth-order valence-corrected chi connectivity index (χ4v) is 2.10. The first-order valence-electron chi connectivity index (χ1n) is 5.66. The first-order valence-corrected chi connectivity index (χ1v) is 6.44. The Morgan fingerprint density at radius 3 is 2.83 bits per heavy atom. The molecule has 94 valence electrons. The standard InChI is InChI=1S/C13H12ClFN2S/c1-2-3-12-16-11(7-13(18)17-12)9-5-4-8(14)6-10(9)15/h4-7H,2-3H2,1H3,(H,16,17,18). The van der Waals surface area contributed by atoms with Crippen LogP contribution in [-0.2, 0) is 6.42 Å². The Bertz CT molecular complexity index is 625. The van der Waals surface area contributed by atoms with Gasteiger partial charge in [-0.1, -0.05) is 30.7 Å². The van der Waals surface area contributed by atoms with Gasteiger partial charge in [0.05, 0.1) is 5.69 Å². The van der Waals surface area contributed by atoms with Crippen molar-refractivity contribution in [2.75, 3.05) is 0 Å². The van der Waals surface area contributed by atoms with E-state index in [2.05, 4.69) is 9.97 Å². The average molecular weight is 283 g/mol. The summed E-state index contributed by atoms with van der Waals surface area (Å²) in [6.07, 6.45) is 1.73. The number of hydrogen-bond acceptors (Lipinski definition) is 2. The van der Waals surface area contributed by atoms with Crippen molar-refractivity contribution in [2.24, 2.45) is 0 Å². The van der Waals surface area contributed by atoms with E-state index in [-0.39, 0.29) is 5.82 Å². The van der Waals surface area contributed by atoms with E-state index in [0.717, 1.165) is 18.7 Å². The maximum absolute atomic E-state index is 13.8. The summed E-state index contributed by atoms with van der Waals surface area (Å²) in [4.78, 5) is 7.31. The van der Waals surface area contributed by atoms with Crippen LogP contribution < -0.4 is 0 Å². The maximum atomic E-state index is 13.8. The molecule has 1 aromatic heterocycles. The molecule has 0 fully saturated rings. The van der Waals surface area contributed by atoms with Crippen LogP contribution >= 0.6 is 23.8 Å². The van der Waals surface area contributed by atoms with Gasteiger partial charge in [0.25, 0.3) is 0 Å². The molecule has 0 unspecified atom stereocenters. The normalized spacial score (nSPS) is 10.6. The Balaban J connectivity index is 2.53. The van der Waals surface area contributed by atoms with Crippen molar-refractivity contribution in [1.29, 1.82) is 0 Å². The second-order valence-electron chi connectivity index (χ2n) is 3.95. The molecular weight excluding hydrogens is 271 g/mol. The van der Waals surface area contributed by atoms with Gasteiger partial charge < -0.3 is 4.98 Å². The lowest BCUT2D eigenvalue weighted by Crippen LogP contribution is -1.98. The van der Waals surface area contributed by atoms with Gasteiger partial charge in [0.2, 0.25) is 0 Å². The van der Waals surface area contributed by atoms with Crippen LogP contribution in [-0.4, -0.2) is 9.97 Å². The molecule has 2 rings (SSSR count). The van der Waals surface area contributed by atoms with Gasteiger partial charge in [0.15, 0.2) is 0 Å². The largest absolute Gasteiger partial charge is 0.343 e. The van der Waals surface area contributed by atoms with Crippen molar-refractivity contribution >= 4 is 23.8 Å². The van der Waals surface area contributed by atoms with Crippen molar-refractivity contribution in [3.63, 3.8) is 0 Å². The third kappa shape index (κ3) is 2.94. The van der Waals surface area contributed by atoms with E-state index in [0.29, 0.717) is 20.9 Å². The first-order chi connectivity index (χ1) is 8.60. The van der Waals surface area contributed by atoms with Crippen LogP contribution in [0.15, 0.2) is 24.3 Å². The summed E-state index contributed by atoms with van der Waals surface area (Å²) < 4.78 is 14.3. The number of hydrogen-bond donors (Lipinski definition) is 1. The summed E-state index contributed by atoms with van der Waals surface area (Å²) in [6.45, 7) is 2.05. The molecule has 2 aromatic rings. The lowest BCUT2D eigenvalue weighted by Gasteiger charge is -2.06. The average Bonchev–Trinajstić information content (AvgIpc) is 2.28. The van der Waals surface area contributed by atoms with E-state index < -0.39 is 0 Å². The maximum Gasteiger partial charge on any atom is 0.133 e. The number of halogens is 2. The minimum atomic E-state index is -0.373. The smallest absolute Gasteiger partial charge is 0.133 e. The number of rotatable bonds is 3. The monoisotopic (exact) mass is 282 g/mol. The number of aromatic nitrogens is 2. The number of H-pyrrole nitrogens is 1. The minimum absolute atomic E-state index is 0.373. The van der Waals surface area contributed by atoms with Crippen LogP contribution in [0.2, 0.25) is 5.02 Å². The summed E-state index contributed by atoms with van der Waals surface area (Å²) in [5.41, 5.74) is 1.08. The van der Waals surface area contributed by atoms with Crippen LogP contribution in [0.5, 0.6) is 0 Å². The van der Waals surface area contributed by atoms with Crippen LogP contribution in [0.4, 0.5) is 4.39 Å². The Labute approximate surface area is 115 Å². The third-order valence-corrected chi connectivity index (χ3v) is 2.94. The fourth-order valence-electron chi connectivity index (χ4n) is 1.72. The topological polar surface area (TPSA) is 28.7 Å². The quantitative estimate of drug-likeness (QED) is 0.837. The second-order valence-corrected chi connectivity index (χ2v) is 4.81. The molecule has 1 heterocycles. The number of nitrogens with zero attached hydrogens (tertiary/aromatic N) is 1. The van der Waals surface area contributed by atoms with E-state index in [1.165, 1.54) is 6.07 Å². The summed E-state index contributed by atoms with van der Waals surface area (Å²) in [5.74, 6) is 0.399. The zero-order valence-electron chi connectivity index (χ0n) is 9.84. The molecule has 0 aliphatic rings. The van der Waals surface area contributed by atoms with E-state index in [1.807, 2.05) is 6.92 Å². The Kier molecular flexibility index (Phi) is 4.09. The summed E-state index contributed by atoms with van der Waals surface area (Å²) in [7, 11) is 0. The molecule has 5 heteroatoms. The van der Waals surface area contributed by atoms with Gasteiger partial charge in [-0.25, -0.2) is 9.37 Å². The van der Waals surface area contributed by atoms with Crippen molar-refractivity contribution in [1.82, 2.24) is 9.97 Å². The fraction of sp³-hybridized carbons (Fsp3) is 0.231. The molecule has 0 amide bonds. The molecule has 18 heavy (non-hydrogen) atoms. The Hall–Kier alpha value is -1.26. The molecule has 0 saturated carbocycles. The van der Waals surface area contributed by atoms with Crippen molar-refractivity contribution in [3.05, 3.63) is 45.6 Å². The molecule has 0 spiro atoms. The zero-order valence-corrected chi connectivity index (χ0v) is 11.4. The number of aryl methyl sites for hydroxylation is 1. The molecule has 1 aromatic carbocycles. The summed E-state index contributed by atoms with van der Waals surface area (Å²) in [6, 6.07) is 6.22. The van der Waals surface area contributed by atoms with Gasteiger partial charge in [-0.2, -0.15) is 0 Å². The van der Waals surface area contributed by atoms with Crippen molar-refractivity contribution in [3.8, 4) is 11.3 Å². The third-order valence-electron chi connectivity index (χ3n) is 2.50. The van der Waals surface area contributed by atoms with Gasteiger partial charge in [0.1, 0.15) is 16.3 Å². The summed E-state index contributed by atoms with van der Waals surface area (Å²) in [5, 5.41) is 0.373. The highest BCUT2D eigenvalue weighted by Crippen LogP contribution is 2.24. The highest BCUT2D eigenvalue weighted by Gasteiger charge is 2.07. The molecule has 2 nitrogen and oxygen atoms in total. The van der Waals surface area contributed by atoms with Gasteiger partial charge in [-0.3, -0.25) is 0 Å². The van der Waals surface area contributed by atoms with Gasteiger partial charge >= 0.3 is 0 Å². The predicted octanol–water partition coefficient (Wildman–Crippen LogP) is 4.55. The molecule has 0 saturated heterocycles. The van der Waals surface area contributed by atoms with Crippen LogP contribution in [0, 0.1) is 10.5 Å². The lowest BCUT2D eigenvalue weighted by atomic mass is 10.1. The summed E-state index contributed by atoms with van der Waals surface area (Å²) >= 11 is 10.8. The van der Waals surface area contributed by atoms with Crippen LogP contribution in [0.3, 0.4) is 0 Å². The van der Waals surface area contributed by atoms with Gasteiger partial charge in [-0.05, 0) is 30.7 Å². The van der Waals surface area contributed by atoms with E-state index in [1.54, 1.807) is 18.2 Å². The number of nitrogens with one attached hydrogen (secondary N) is 1. The molecule has 0 atom stereocenters. The highest BCUT2D eigenvalue weighted by molar-refractivity contribution is 7.71. The molecule has 0 bridgehead atoms. The van der Waals surface area contributed by atoms with Gasteiger partial charge in [-0.15, -0.1) is 0 Å². The van der Waals surface area contributed by atoms with Gasteiger partial charge in [0, 0.05) is 17.0 Å². The second kappa shape index (κ2) is 5.59. The lowest BCUT2D eigenvalue weighted by molar-refractivity contribution is 0.630. The van der Waals surface area contributed by atoms with Crippen LogP contribution in [0.25, 0.3) is 11.3 Å². The zero-order chi connectivity index (χ0) is 13.1. The van der Waals surface area contributed by atoms with E-state index in [9.17, 15) is 4.39 Å². The predicted molar refractivity (Wildman–Crippen MR) is 73.8 cm³/mol. The Morgan fingerprint density at radius 1 is 1.39 bits per heavy atom. The minimum Gasteiger partial charge on any atom is -0.343 e. The first kappa shape index (κ1) is 13.2. The molecule has 0 radical (unpaired) electrons. The number of benzene rings is 1. The van der Waals surface area contributed by atoms with Crippen LogP contribution in [0.1, 0.15) is 19.2 Å².